The van der Waals surface area contributed by atoms with E-state index in [9.17, 15) is 15.3 Å². The molecule has 0 saturated heterocycles. The summed E-state index contributed by atoms with van der Waals surface area (Å²) in [6, 6.07) is 12.3. The van der Waals surface area contributed by atoms with Crippen LogP contribution in [0.5, 0.6) is 40.2 Å². The van der Waals surface area contributed by atoms with E-state index >= 15 is 0 Å². The first-order valence-electron chi connectivity index (χ1n) is 11.9. The van der Waals surface area contributed by atoms with Crippen molar-refractivity contribution in [2.75, 3.05) is 41.7 Å². The van der Waals surface area contributed by atoms with Gasteiger partial charge in [0, 0.05) is 12.2 Å². The van der Waals surface area contributed by atoms with Gasteiger partial charge in [0.05, 0.1) is 35.0 Å². The molecule has 37 heavy (non-hydrogen) atoms. The van der Waals surface area contributed by atoms with Crippen LogP contribution < -0.4 is 23.7 Å². The summed E-state index contributed by atoms with van der Waals surface area (Å²) in [6.07, 6.45) is 0.180. The van der Waals surface area contributed by atoms with E-state index in [1.54, 1.807) is 31.4 Å². The molecule has 0 saturated carbocycles. The van der Waals surface area contributed by atoms with Crippen molar-refractivity contribution >= 4 is 0 Å². The van der Waals surface area contributed by atoms with Crippen LogP contribution in [-0.4, -0.2) is 57.0 Å². The summed E-state index contributed by atoms with van der Waals surface area (Å²) < 4.78 is 34.7. The lowest BCUT2D eigenvalue weighted by Crippen LogP contribution is -2.05. The van der Waals surface area contributed by atoms with Gasteiger partial charge in [-0.25, -0.2) is 0 Å². The molecule has 2 atom stereocenters. The lowest BCUT2D eigenvalue weighted by molar-refractivity contribution is -0.00184. The van der Waals surface area contributed by atoms with Gasteiger partial charge in [0.25, 0.3) is 0 Å². The second kappa shape index (κ2) is 11.6. The Bertz CT molecular complexity index is 1220. The van der Waals surface area contributed by atoms with Crippen molar-refractivity contribution in [1.29, 1.82) is 0 Å². The predicted octanol–water partition coefficient (Wildman–Crippen LogP) is 4.30. The zero-order chi connectivity index (χ0) is 26.5. The fraction of sp³-hybridized carbons (Fsp3) is 0.357. The first-order chi connectivity index (χ1) is 18.0. The van der Waals surface area contributed by atoms with Gasteiger partial charge in [0.2, 0.25) is 11.5 Å². The molecule has 0 spiro atoms. The minimum absolute atomic E-state index is 0.0639. The molecule has 1 heterocycles. The number of methoxy groups -OCH3 is 4. The molecule has 1 aliphatic rings. The van der Waals surface area contributed by atoms with E-state index in [1.165, 1.54) is 27.4 Å². The van der Waals surface area contributed by atoms with Crippen molar-refractivity contribution in [3.05, 3.63) is 64.7 Å². The number of hydrogen-bond donors (Lipinski definition) is 3. The molecule has 0 aliphatic carbocycles. The molecule has 3 N–H and O–H groups in total. The van der Waals surface area contributed by atoms with Crippen LogP contribution in [0.2, 0.25) is 0 Å². The molecule has 0 aromatic heterocycles. The summed E-state index contributed by atoms with van der Waals surface area (Å²) >= 11 is 0. The van der Waals surface area contributed by atoms with Crippen LogP contribution in [0.1, 0.15) is 40.9 Å². The molecule has 9 heteroatoms. The average Bonchev–Trinajstić information content (AvgIpc) is 3.30. The Balaban J connectivity index is 1.79. The van der Waals surface area contributed by atoms with E-state index in [1.807, 2.05) is 12.1 Å². The zero-order valence-electron chi connectivity index (χ0n) is 21.3. The Kier molecular flexibility index (Phi) is 8.27. The topological polar surface area (TPSA) is 116 Å². The number of aliphatic hydroxyl groups excluding tert-OH is 2. The number of aryl methyl sites for hydroxylation is 1. The predicted molar refractivity (Wildman–Crippen MR) is 135 cm³/mol. The summed E-state index contributed by atoms with van der Waals surface area (Å²) in [5.74, 6) is 2.07. The fourth-order valence-electron chi connectivity index (χ4n) is 4.60. The van der Waals surface area contributed by atoms with Gasteiger partial charge in [-0.05, 0) is 59.9 Å². The third-order valence-corrected chi connectivity index (χ3v) is 6.31. The van der Waals surface area contributed by atoms with E-state index in [2.05, 4.69) is 0 Å². The summed E-state index contributed by atoms with van der Waals surface area (Å²) in [4.78, 5) is 0. The Labute approximate surface area is 215 Å². The van der Waals surface area contributed by atoms with E-state index in [4.69, 9.17) is 28.4 Å². The maximum atomic E-state index is 10.1. The number of benzene rings is 3. The van der Waals surface area contributed by atoms with Gasteiger partial charge in [-0.3, -0.25) is 0 Å². The van der Waals surface area contributed by atoms with Crippen molar-refractivity contribution in [3.8, 4) is 40.2 Å². The highest BCUT2D eigenvalue weighted by atomic mass is 16.6. The lowest BCUT2D eigenvalue weighted by Gasteiger charge is -2.21. The first-order valence-corrected chi connectivity index (χ1v) is 11.9. The monoisotopic (exact) mass is 512 g/mol. The second-order valence-corrected chi connectivity index (χ2v) is 8.48. The van der Waals surface area contributed by atoms with Crippen LogP contribution in [-0.2, 0) is 11.2 Å². The number of aliphatic hydroxyl groups is 2. The molecule has 3 aromatic carbocycles. The van der Waals surface area contributed by atoms with Gasteiger partial charge in [0.15, 0.2) is 23.0 Å². The number of fused-ring (bicyclic) bond motifs is 1. The normalized spacial score (nSPS) is 16.3. The second-order valence-electron chi connectivity index (χ2n) is 8.48. The van der Waals surface area contributed by atoms with Crippen LogP contribution in [0.15, 0.2) is 42.5 Å². The molecular formula is C28H32O9. The minimum Gasteiger partial charge on any atom is -0.504 e. The third kappa shape index (κ3) is 5.11. The summed E-state index contributed by atoms with van der Waals surface area (Å²) in [5, 5.41) is 29.5. The van der Waals surface area contributed by atoms with Crippen molar-refractivity contribution in [2.24, 2.45) is 0 Å². The molecule has 0 fully saturated rings. The average molecular weight is 513 g/mol. The van der Waals surface area contributed by atoms with Crippen LogP contribution in [0.4, 0.5) is 0 Å². The van der Waals surface area contributed by atoms with Crippen LogP contribution in [0, 0.1) is 0 Å². The molecule has 0 radical (unpaired) electrons. The maximum Gasteiger partial charge on any atom is 0.211 e. The number of ether oxygens (including phenoxy) is 6. The highest BCUT2D eigenvalue weighted by Crippen LogP contribution is 2.52. The molecular weight excluding hydrogens is 480 g/mol. The van der Waals surface area contributed by atoms with Gasteiger partial charge < -0.3 is 43.7 Å². The third-order valence-electron chi connectivity index (χ3n) is 6.31. The quantitative estimate of drug-likeness (QED) is 0.346. The molecule has 3 aromatic rings. The number of aromatic hydroxyl groups is 1. The smallest absolute Gasteiger partial charge is 0.211 e. The summed E-state index contributed by atoms with van der Waals surface area (Å²) in [6.45, 7) is -0.118. The Hall–Kier alpha value is -3.66. The standard InChI is InChI=1S/C28H32O9/c1-32-21-12-16(7-6-10-29)11-18-24(15-30)37-26(25(18)21)17-13-22(33-2)28(23(14-17)34-3)36-20-9-5-8-19(31)27(20)35-4/h5,8-9,11-14,24,26,29-31H,6-7,10,15H2,1-4H3. The number of rotatable bonds is 11. The molecule has 9 nitrogen and oxygen atoms in total. The Morgan fingerprint density at radius 3 is 2.11 bits per heavy atom. The van der Waals surface area contributed by atoms with Crippen molar-refractivity contribution in [3.63, 3.8) is 0 Å². The lowest BCUT2D eigenvalue weighted by atomic mass is 9.93. The molecule has 2 unspecified atom stereocenters. The number of phenols is 1. The van der Waals surface area contributed by atoms with E-state index in [0.29, 0.717) is 41.4 Å². The zero-order valence-corrected chi connectivity index (χ0v) is 21.3. The largest absolute Gasteiger partial charge is 0.504 e. The van der Waals surface area contributed by atoms with Gasteiger partial charge in [-0.1, -0.05) is 12.1 Å². The van der Waals surface area contributed by atoms with Crippen LogP contribution >= 0.6 is 0 Å². The van der Waals surface area contributed by atoms with Gasteiger partial charge in [0.1, 0.15) is 18.0 Å². The molecule has 198 valence electrons. The SMILES string of the molecule is COc1cc(C2OC(CO)c3cc(CCCO)cc(OC)c32)cc(OC)c1Oc1cccc(O)c1OC. The van der Waals surface area contributed by atoms with E-state index in [0.717, 1.165) is 16.7 Å². The summed E-state index contributed by atoms with van der Waals surface area (Å²) in [5.41, 5.74) is 3.35. The van der Waals surface area contributed by atoms with Crippen LogP contribution in [0.25, 0.3) is 0 Å². The Morgan fingerprint density at radius 2 is 1.51 bits per heavy atom. The number of para-hydroxylation sites is 1. The van der Waals surface area contributed by atoms with Crippen molar-refractivity contribution in [1.82, 2.24) is 0 Å². The minimum atomic E-state index is -0.568. The molecule has 0 amide bonds. The molecule has 0 bridgehead atoms. The maximum absolute atomic E-state index is 10.1. The fourth-order valence-corrected chi connectivity index (χ4v) is 4.60. The highest BCUT2D eigenvalue weighted by Gasteiger charge is 2.37. The number of phenolic OH excluding ortho intramolecular Hbond substituents is 1. The molecule has 1 aliphatic heterocycles. The first kappa shape index (κ1) is 26.4. The van der Waals surface area contributed by atoms with Crippen molar-refractivity contribution in [2.45, 2.75) is 25.0 Å². The van der Waals surface area contributed by atoms with Gasteiger partial charge in [-0.2, -0.15) is 0 Å². The van der Waals surface area contributed by atoms with Crippen molar-refractivity contribution < 1.29 is 43.7 Å². The van der Waals surface area contributed by atoms with E-state index in [-0.39, 0.29) is 30.5 Å². The Morgan fingerprint density at radius 1 is 0.811 bits per heavy atom. The van der Waals surface area contributed by atoms with Gasteiger partial charge >= 0.3 is 0 Å². The number of hydrogen-bond acceptors (Lipinski definition) is 9. The van der Waals surface area contributed by atoms with E-state index < -0.39 is 12.2 Å². The van der Waals surface area contributed by atoms with Gasteiger partial charge in [-0.15, -0.1) is 0 Å². The molecule has 4 rings (SSSR count). The highest BCUT2D eigenvalue weighted by molar-refractivity contribution is 5.61. The summed E-state index contributed by atoms with van der Waals surface area (Å²) in [7, 11) is 6.06. The van der Waals surface area contributed by atoms with Crippen LogP contribution in [0.3, 0.4) is 0 Å².